The zero-order valence-electron chi connectivity index (χ0n) is 16.8. The molecule has 2 aliphatic rings. The first-order valence-corrected chi connectivity index (χ1v) is 10.1. The smallest absolute Gasteiger partial charge is 0.163 e. The Kier molecular flexibility index (Phi) is 4.88. The number of fused-ring (bicyclic) bond motifs is 1. The first-order chi connectivity index (χ1) is 13.5. The van der Waals surface area contributed by atoms with E-state index >= 15 is 0 Å². The van der Waals surface area contributed by atoms with E-state index in [2.05, 4.69) is 49.6 Å². The van der Waals surface area contributed by atoms with Gasteiger partial charge in [-0.2, -0.15) is 0 Å². The molecule has 1 aliphatic heterocycles. The molecular formula is C24H28N2O2. The van der Waals surface area contributed by atoms with Gasteiger partial charge in [0, 0.05) is 23.3 Å². The highest BCUT2D eigenvalue weighted by atomic mass is 16.5. The third kappa shape index (κ3) is 3.51. The summed E-state index contributed by atoms with van der Waals surface area (Å²) in [5, 5.41) is 7.19. The Hall–Kier alpha value is -2.75. The van der Waals surface area contributed by atoms with Crippen LogP contribution in [0.5, 0.6) is 5.75 Å². The van der Waals surface area contributed by atoms with E-state index in [4.69, 9.17) is 4.74 Å². The largest absolute Gasteiger partial charge is 0.493 e. The van der Waals surface area contributed by atoms with Crippen LogP contribution in [0.1, 0.15) is 51.6 Å². The van der Waals surface area contributed by atoms with E-state index in [1.54, 1.807) is 0 Å². The van der Waals surface area contributed by atoms with Gasteiger partial charge in [-0.15, -0.1) is 0 Å². The van der Waals surface area contributed by atoms with Crippen LogP contribution in [0.4, 0.5) is 11.4 Å². The summed E-state index contributed by atoms with van der Waals surface area (Å²) in [4.78, 5) is 13.3. The highest BCUT2D eigenvalue weighted by Gasteiger charge is 2.39. The fourth-order valence-corrected chi connectivity index (χ4v) is 4.19. The van der Waals surface area contributed by atoms with Crippen LogP contribution < -0.4 is 15.4 Å². The molecule has 2 N–H and O–H groups in total. The maximum atomic E-state index is 13.3. The third-order valence-electron chi connectivity index (χ3n) is 5.41. The molecule has 1 atom stereocenters. The van der Waals surface area contributed by atoms with Crippen molar-refractivity contribution in [2.45, 2.75) is 46.1 Å². The van der Waals surface area contributed by atoms with Crippen molar-refractivity contribution in [1.82, 2.24) is 0 Å². The number of ketones is 1. The lowest BCUT2D eigenvalue weighted by Gasteiger charge is -2.34. The summed E-state index contributed by atoms with van der Waals surface area (Å²) in [5.41, 5.74) is 4.82. The summed E-state index contributed by atoms with van der Waals surface area (Å²) in [6.45, 7) is 7.08. The second kappa shape index (κ2) is 7.34. The number of hydrogen-bond acceptors (Lipinski definition) is 4. The van der Waals surface area contributed by atoms with Crippen LogP contribution in [-0.4, -0.2) is 12.4 Å². The Morgan fingerprint density at radius 2 is 1.75 bits per heavy atom. The number of ether oxygens (including phenoxy) is 1. The monoisotopic (exact) mass is 376 g/mol. The van der Waals surface area contributed by atoms with Crippen molar-refractivity contribution in [3.63, 3.8) is 0 Å². The summed E-state index contributed by atoms with van der Waals surface area (Å²) in [7, 11) is 0. The molecule has 2 aromatic carbocycles. The average molecular weight is 377 g/mol. The number of hydrogen-bond donors (Lipinski definition) is 2. The number of allylic oxidation sites excluding steroid dienone is 1. The van der Waals surface area contributed by atoms with Crippen molar-refractivity contribution < 1.29 is 9.53 Å². The number of benzene rings is 2. The minimum atomic E-state index is -0.234. The summed E-state index contributed by atoms with van der Waals surface area (Å²) in [6.07, 6.45) is 2.34. The maximum absolute atomic E-state index is 13.3. The van der Waals surface area contributed by atoms with Gasteiger partial charge in [0.1, 0.15) is 5.75 Å². The van der Waals surface area contributed by atoms with Gasteiger partial charge < -0.3 is 15.4 Å². The van der Waals surface area contributed by atoms with Crippen molar-refractivity contribution in [2.75, 3.05) is 17.2 Å². The van der Waals surface area contributed by atoms with Gasteiger partial charge in [0.2, 0.25) is 0 Å². The normalized spacial score (nSPS) is 20.4. The van der Waals surface area contributed by atoms with E-state index in [1.165, 1.54) is 0 Å². The number of nitrogens with one attached hydrogen (secondary N) is 2. The van der Waals surface area contributed by atoms with Gasteiger partial charge in [-0.1, -0.05) is 51.1 Å². The molecule has 1 aliphatic carbocycles. The van der Waals surface area contributed by atoms with Gasteiger partial charge in [-0.05, 0) is 36.5 Å². The molecule has 1 heterocycles. The first kappa shape index (κ1) is 18.6. The number of rotatable bonds is 4. The first-order valence-electron chi connectivity index (χ1n) is 10.1. The lowest BCUT2D eigenvalue weighted by molar-refractivity contribution is -0.118. The number of carbonyl (C=O) groups excluding carboxylic acids is 1. The number of para-hydroxylation sites is 3. The molecule has 0 aromatic heterocycles. The maximum Gasteiger partial charge on any atom is 0.163 e. The van der Waals surface area contributed by atoms with Crippen molar-refractivity contribution in [1.29, 1.82) is 0 Å². The van der Waals surface area contributed by atoms with Crippen LogP contribution in [0.3, 0.4) is 0 Å². The molecule has 28 heavy (non-hydrogen) atoms. The van der Waals surface area contributed by atoms with Gasteiger partial charge in [-0.25, -0.2) is 0 Å². The molecule has 4 heteroatoms. The molecule has 0 spiro atoms. The Morgan fingerprint density at radius 1 is 1.04 bits per heavy atom. The van der Waals surface area contributed by atoms with Gasteiger partial charge >= 0.3 is 0 Å². The molecule has 0 saturated heterocycles. The van der Waals surface area contributed by atoms with E-state index in [1.807, 2.05) is 30.3 Å². The Morgan fingerprint density at radius 3 is 2.54 bits per heavy atom. The number of anilines is 2. The van der Waals surface area contributed by atoms with Gasteiger partial charge in [0.05, 0.1) is 24.0 Å². The standard InChI is InChI=1S/C24H28N2O2/c1-4-13-28-21-12-8-5-9-16(21)23-22-19(14-24(2,3)15-20(22)27)25-17-10-6-7-11-18(17)26-23/h5-12,23,25-26H,4,13-15H2,1-3H3/t23-/m0/s1. The number of carbonyl (C=O) groups is 1. The van der Waals surface area contributed by atoms with Crippen molar-refractivity contribution in [2.24, 2.45) is 5.41 Å². The lowest BCUT2D eigenvalue weighted by Crippen LogP contribution is -2.31. The molecular weight excluding hydrogens is 348 g/mol. The molecule has 2 aromatic rings. The molecule has 4 rings (SSSR count). The van der Waals surface area contributed by atoms with E-state index in [9.17, 15) is 4.79 Å². The summed E-state index contributed by atoms with van der Waals surface area (Å²) < 4.78 is 6.03. The molecule has 0 fully saturated rings. The third-order valence-corrected chi connectivity index (χ3v) is 5.41. The van der Waals surface area contributed by atoms with Crippen LogP contribution in [-0.2, 0) is 4.79 Å². The zero-order valence-corrected chi connectivity index (χ0v) is 16.8. The fraction of sp³-hybridized carbons (Fsp3) is 0.375. The fourth-order valence-electron chi connectivity index (χ4n) is 4.19. The van der Waals surface area contributed by atoms with Crippen molar-refractivity contribution >= 4 is 17.2 Å². The van der Waals surface area contributed by atoms with Crippen LogP contribution in [0.25, 0.3) is 0 Å². The van der Waals surface area contributed by atoms with Gasteiger partial charge in [0.25, 0.3) is 0 Å². The molecule has 0 radical (unpaired) electrons. The molecule has 4 nitrogen and oxygen atoms in total. The van der Waals surface area contributed by atoms with Gasteiger partial charge in [-0.3, -0.25) is 4.79 Å². The molecule has 0 saturated carbocycles. The van der Waals surface area contributed by atoms with Crippen LogP contribution in [0.15, 0.2) is 59.8 Å². The Balaban J connectivity index is 1.86. The van der Waals surface area contributed by atoms with E-state index in [0.29, 0.717) is 13.0 Å². The van der Waals surface area contributed by atoms with Crippen molar-refractivity contribution in [3.8, 4) is 5.75 Å². The topological polar surface area (TPSA) is 50.4 Å². The van der Waals surface area contributed by atoms with Crippen LogP contribution >= 0.6 is 0 Å². The van der Waals surface area contributed by atoms with E-state index < -0.39 is 0 Å². The van der Waals surface area contributed by atoms with E-state index in [0.717, 1.165) is 46.8 Å². The van der Waals surface area contributed by atoms with Crippen molar-refractivity contribution in [3.05, 3.63) is 65.4 Å². The minimum Gasteiger partial charge on any atom is -0.493 e. The highest BCUT2D eigenvalue weighted by Crippen LogP contribution is 2.46. The molecule has 0 unspecified atom stereocenters. The summed E-state index contributed by atoms with van der Waals surface area (Å²) >= 11 is 0. The van der Waals surface area contributed by atoms with Crippen LogP contribution in [0.2, 0.25) is 0 Å². The second-order valence-corrected chi connectivity index (χ2v) is 8.47. The minimum absolute atomic E-state index is 0.0506. The number of Topliss-reactive ketones (excluding diaryl/α,β-unsaturated/α-hetero) is 1. The summed E-state index contributed by atoms with van der Waals surface area (Å²) in [5.74, 6) is 1.04. The summed E-state index contributed by atoms with van der Waals surface area (Å²) in [6, 6.07) is 16.0. The van der Waals surface area contributed by atoms with Gasteiger partial charge in [0.15, 0.2) is 5.78 Å². The predicted octanol–water partition coefficient (Wildman–Crippen LogP) is 5.70. The quantitative estimate of drug-likeness (QED) is 0.719. The zero-order chi connectivity index (χ0) is 19.7. The van der Waals surface area contributed by atoms with E-state index in [-0.39, 0.29) is 17.2 Å². The Bertz CT molecular complexity index is 930. The molecule has 0 amide bonds. The molecule has 0 bridgehead atoms. The highest BCUT2D eigenvalue weighted by molar-refractivity contribution is 6.01. The average Bonchev–Trinajstić information content (AvgIpc) is 2.82. The SMILES string of the molecule is CCCOc1ccccc1[C@@H]1Nc2ccccc2NC2=C1C(=O)CC(C)(C)C2. The lowest BCUT2D eigenvalue weighted by atomic mass is 9.73. The second-order valence-electron chi connectivity index (χ2n) is 8.47. The molecule has 146 valence electrons. The predicted molar refractivity (Wildman–Crippen MR) is 114 cm³/mol. The van der Waals surface area contributed by atoms with Crippen LogP contribution in [0, 0.1) is 5.41 Å². The Labute approximate surface area is 167 Å².